The Morgan fingerprint density at radius 2 is 1.90 bits per heavy atom. The lowest BCUT2D eigenvalue weighted by atomic mass is 10.2. The zero-order valence-corrected chi connectivity index (χ0v) is 11.2. The molecule has 21 heavy (non-hydrogen) atoms. The third kappa shape index (κ3) is 3.30. The molecule has 1 aromatic heterocycles. The minimum absolute atomic E-state index is 0.302. The van der Waals surface area contributed by atoms with Gasteiger partial charge in [0.1, 0.15) is 11.4 Å². The highest BCUT2D eigenvalue weighted by Crippen LogP contribution is 2.24. The summed E-state index contributed by atoms with van der Waals surface area (Å²) in [7, 11) is 0. The summed E-state index contributed by atoms with van der Waals surface area (Å²) >= 11 is 0. The van der Waals surface area contributed by atoms with Crippen LogP contribution in [0.5, 0.6) is 5.75 Å². The van der Waals surface area contributed by atoms with Crippen LogP contribution in [-0.2, 0) is 0 Å². The number of rotatable bonds is 3. The fourth-order valence-electron chi connectivity index (χ4n) is 1.76. The number of benzene rings is 1. The minimum Gasteiger partial charge on any atom is -0.406 e. The van der Waals surface area contributed by atoms with Crippen molar-refractivity contribution in [1.82, 2.24) is 15.0 Å². The van der Waals surface area contributed by atoms with Crippen LogP contribution >= 0.6 is 0 Å². The van der Waals surface area contributed by atoms with Crippen LogP contribution in [0.2, 0.25) is 0 Å². The molecular weight excluding hydrogens is 287 g/mol. The molecule has 0 radical (unpaired) electrons. The minimum atomic E-state index is -4.72. The van der Waals surface area contributed by atoms with Gasteiger partial charge >= 0.3 is 6.36 Å². The Morgan fingerprint density at radius 3 is 2.43 bits per heavy atom. The number of hydrogen-bond donors (Lipinski definition) is 1. The van der Waals surface area contributed by atoms with Crippen LogP contribution in [0.15, 0.2) is 29.4 Å². The predicted molar refractivity (Wildman–Crippen MR) is 69.2 cm³/mol. The molecule has 0 saturated heterocycles. The molecule has 6 nitrogen and oxygen atoms in total. The van der Waals surface area contributed by atoms with Crippen molar-refractivity contribution < 1.29 is 17.9 Å². The first kappa shape index (κ1) is 14.8. The molecule has 0 spiro atoms. The molecule has 1 heterocycles. The monoisotopic (exact) mass is 299 g/mol. The Hall–Kier alpha value is -2.58. The van der Waals surface area contributed by atoms with Gasteiger partial charge in [-0.25, -0.2) is 4.68 Å². The lowest BCUT2D eigenvalue weighted by molar-refractivity contribution is -0.274. The van der Waals surface area contributed by atoms with Gasteiger partial charge in [-0.15, -0.1) is 18.3 Å². The molecule has 0 aliphatic heterocycles. The SMILES string of the molecule is C/C(=N/N)c1nnn(-c2ccc(OC(F)(F)F)cc2)c1C. The zero-order chi connectivity index (χ0) is 15.6. The van der Waals surface area contributed by atoms with E-state index in [4.69, 9.17) is 5.84 Å². The van der Waals surface area contributed by atoms with Gasteiger partial charge in [-0.05, 0) is 38.1 Å². The molecule has 0 aliphatic rings. The van der Waals surface area contributed by atoms with E-state index < -0.39 is 6.36 Å². The molecule has 0 saturated carbocycles. The van der Waals surface area contributed by atoms with Gasteiger partial charge in [0.25, 0.3) is 0 Å². The number of aromatic nitrogens is 3. The van der Waals surface area contributed by atoms with Crippen LogP contribution in [0.4, 0.5) is 13.2 Å². The summed E-state index contributed by atoms with van der Waals surface area (Å²) in [4.78, 5) is 0. The molecular formula is C12H12F3N5O. The summed E-state index contributed by atoms with van der Waals surface area (Å²) < 4.78 is 41.5. The lowest BCUT2D eigenvalue weighted by Crippen LogP contribution is -2.17. The highest BCUT2D eigenvalue weighted by atomic mass is 19.4. The maximum Gasteiger partial charge on any atom is 0.573 e. The van der Waals surface area contributed by atoms with Crippen LogP contribution in [0.1, 0.15) is 18.3 Å². The maximum absolute atomic E-state index is 12.1. The van der Waals surface area contributed by atoms with E-state index >= 15 is 0 Å². The molecule has 112 valence electrons. The van der Waals surface area contributed by atoms with Crippen molar-refractivity contribution in [1.29, 1.82) is 0 Å². The predicted octanol–water partition coefficient (Wildman–Crippen LogP) is 2.16. The van der Waals surface area contributed by atoms with Crippen molar-refractivity contribution in [2.24, 2.45) is 10.9 Å². The van der Waals surface area contributed by atoms with E-state index in [1.54, 1.807) is 13.8 Å². The number of nitrogens with two attached hydrogens (primary N) is 1. The Morgan fingerprint density at radius 1 is 1.29 bits per heavy atom. The summed E-state index contributed by atoms with van der Waals surface area (Å²) in [5.41, 5.74) is 2.25. The van der Waals surface area contributed by atoms with Crippen LogP contribution in [-0.4, -0.2) is 27.1 Å². The summed E-state index contributed by atoms with van der Waals surface area (Å²) in [5.74, 6) is 4.89. The van der Waals surface area contributed by atoms with Gasteiger partial charge in [0.2, 0.25) is 0 Å². The smallest absolute Gasteiger partial charge is 0.406 e. The number of nitrogens with zero attached hydrogens (tertiary/aromatic N) is 4. The van der Waals surface area contributed by atoms with Crippen molar-refractivity contribution in [3.05, 3.63) is 35.7 Å². The summed E-state index contributed by atoms with van der Waals surface area (Å²) in [6, 6.07) is 5.30. The third-order valence-corrected chi connectivity index (χ3v) is 2.75. The molecule has 2 N–H and O–H groups in total. The molecule has 9 heteroatoms. The van der Waals surface area contributed by atoms with E-state index in [2.05, 4.69) is 20.2 Å². The number of ether oxygens (including phenoxy) is 1. The van der Waals surface area contributed by atoms with Crippen LogP contribution in [0, 0.1) is 6.92 Å². The van der Waals surface area contributed by atoms with E-state index in [9.17, 15) is 13.2 Å². The summed E-state index contributed by atoms with van der Waals surface area (Å²) in [6.07, 6.45) is -4.72. The average molecular weight is 299 g/mol. The normalized spacial score (nSPS) is 12.5. The standard InChI is InChI=1S/C12H12F3N5O/c1-7(17-16)11-8(2)20(19-18-11)9-3-5-10(6-4-9)21-12(13,14)15/h3-6H,16H2,1-2H3/b17-7-. The highest BCUT2D eigenvalue weighted by molar-refractivity contribution is 5.97. The molecule has 0 fully saturated rings. The number of hydrazone groups is 1. The van der Waals surface area contributed by atoms with Gasteiger partial charge in [0, 0.05) is 0 Å². The summed E-state index contributed by atoms with van der Waals surface area (Å²) in [5, 5.41) is 11.4. The first-order chi connectivity index (χ1) is 9.81. The average Bonchev–Trinajstić information content (AvgIpc) is 2.79. The molecule has 0 amide bonds. The molecule has 0 atom stereocenters. The van der Waals surface area contributed by atoms with Crippen molar-refractivity contribution in [2.75, 3.05) is 0 Å². The van der Waals surface area contributed by atoms with Gasteiger partial charge < -0.3 is 10.6 Å². The molecule has 2 rings (SSSR count). The Kier molecular flexibility index (Phi) is 3.83. The molecule has 0 aliphatic carbocycles. The van der Waals surface area contributed by atoms with Crippen LogP contribution < -0.4 is 10.6 Å². The Balaban J connectivity index is 2.30. The van der Waals surface area contributed by atoms with E-state index in [1.807, 2.05) is 0 Å². The molecule has 0 bridgehead atoms. The second kappa shape index (κ2) is 5.43. The molecule has 0 unspecified atom stereocenters. The number of halogens is 3. The second-order valence-electron chi connectivity index (χ2n) is 4.19. The van der Waals surface area contributed by atoms with Crippen molar-refractivity contribution in [2.45, 2.75) is 20.2 Å². The van der Waals surface area contributed by atoms with E-state index in [-0.39, 0.29) is 5.75 Å². The van der Waals surface area contributed by atoms with Gasteiger partial charge in [0.05, 0.1) is 17.1 Å². The number of hydrogen-bond acceptors (Lipinski definition) is 5. The van der Waals surface area contributed by atoms with Crippen molar-refractivity contribution in [3.8, 4) is 11.4 Å². The lowest BCUT2D eigenvalue weighted by Gasteiger charge is -2.09. The second-order valence-corrected chi connectivity index (χ2v) is 4.19. The van der Waals surface area contributed by atoms with Gasteiger partial charge in [0.15, 0.2) is 0 Å². The Bertz CT molecular complexity index is 661. The van der Waals surface area contributed by atoms with Gasteiger partial charge in [-0.2, -0.15) is 5.10 Å². The van der Waals surface area contributed by atoms with Crippen LogP contribution in [0.25, 0.3) is 5.69 Å². The summed E-state index contributed by atoms with van der Waals surface area (Å²) in [6.45, 7) is 3.44. The third-order valence-electron chi connectivity index (χ3n) is 2.75. The highest BCUT2D eigenvalue weighted by Gasteiger charge is 2.31. The first-order valence-corrected chi connectivity index (χ1v) is 5.85. The Labute approximate surface area is 118 Å². The zero-order valence-electron chi connectivity index (χ0n) is 11.2. The largest absolute Gasteiger partial charge is 0.573 e. The number of alkyl halides is 3. The molecule has 2 aromatic rings. The van der Waals surface area contributed by atoms with Crippen LogP contribution in [0.3, 0.4) is 0 Å². The van der Waals surface area contributed by atoms with Crippen molar-refractivity contribution in [3.63, 3.8) is 0 Å². The van der Waals surface area contributed by atoms with Crippen molar-refractivity contribution >= 4 is 5.71 Å². The fourth-order valence-corrected chi connectivity index (χ4v) is 1.76. The van der Waals surface area contributed by atoms with E-state index in [0.29, 0.717) is 22.8 Å². The molecule has 1 aromatic carbocycles. The topological polar surface area (TPSA) is 78.3 Å². The fraction of sp³-hybridized carbons (Fsp3) is 0.250. The maximum atomic E-state index is 12.1. The quantitative estimate of drug-likeness (QED) is 0.535. The first-order valence-electron chi connectivity index (χ1n) is 5.85. The van der Waals surface area contributed by atoms with Gasteiger partial charge in [-0.3, -0.25) is 0 Å². The van der Waals surface area contributed by atoms with E-state index in [0.717, 1.165) is 0 Å². The van der Waals surface area contributed by atoms with Gasteiger partial charge in [-0.1, -0.05) is 5.21 Å². The van der Waals surface area contributed by atoms with E-state index in [1.165, 1.54) is 28.9 Å².